The summed E-state index contributed by atoms with van der Waals surface area (Å²) in [6.45, 7) is 3.93. The molecule has 1 aromatic heterocycles. The molecule has 1 aromatic carbocycles. The molecule has 0 fully saturated rings. The van der Waals surface area contributed by atoms with Gasteiger partial charge in [-0.1, -0.05) is 29.9 Å². The molecule has 6 heteroatoms. The molecule has 0 atom stereocenters. The summed E-state index contributed by atoms with van der Waals surface area (Å²) in [6, 6.07) is 5.82. The average Bonchev–Trinajstić information content (AvgIpc) is 2.81. The topological polar surface area (TPSA) is 37.8 Å². The zero-order valence-corrected chi connectivity index (χ0v) is 13.6. The number of nitrogens with one attached hydrogen (secondary N) is 1. The van der Waals surface area contributed by atoms with Gasteiger partial charge >= 0.3 is 0 Å². The number of benzene rings is 1. The van der Waals surface area contributed by atoms with E-state index in [1.54, 1.807) is 11.3 Å². The van der Waals surface area contributed by atoms with E-state index >= 15 is 0 Å². The van der Waals surface area contributed by atoms with Crippen LogP contribution in [0, 0.1) is 3.57 Å². The molecule has 18 heavy (non-hydrogen) atoms. The fourth-order valence-corrected chi connectivity index (χ4v) is 3.25. The molecular formula is C12H13ClIN3S. The molecule has 2 rings (SSSR count). The van der Waals surface area contributed by atoms with Gasteiger partial charge < -0.3 is 5.32 Å². The molecule has 96 valence electrons. The van der Waals surface area contributed by atoms with Gasteiger partial charge in [0.25, 0.3) is 0 Å². The third-order valence-electron chi connectivity index (χ3n) is 2.33. The first-order chi connectivity index (χ1) is 8.70. The van der Waals surface area contributed by atoms with E-state index < -0.39 is 0 Å². The Morgan fingerprint density at radius 1 is 1.39 bits per heavy atom. The van der Waals surface area contributed by atoms with Crippen LogP contribution in [0.4, 0.5) is 0 Å². The second-order valence-corrected chi connectivity index (χ2v) is 6.46. The van der Waals surface area contributed by atoms with E-state index in [9.17, 15) is 0 Å². The maximum absolute atomic E-state index is 6.02. The Labute approximate surface area is 129 Å². The van der Waals surface area contributed by atoms with Crippen LogP contribution in [0.5, 0.6) is 0 Å². The van der Waals surface area contributed by atoms with Crippen LogP contribution >= 0.6 is 45.5 Å². The van der Waals surface area contributed by atoms with Crippen molar-refractivity contribution >= 4 is 45.5 Å². The highest BCUT2D eigenvalue weighted by molar-refractivity contribution is 14.1. The first-order valence-corrected chi connectivity index (χ1v) is 7.96. The van der Waals surface area contributed by atoms with E-state index in [1.807, 2.05) is 18.2 Å². The molecule has 0 spiro atoms. The summed E-state index contributed by atoms with van der Waals surface area (Å²) in [5.41, 5.74) is 1.06. The van der Waals surface area contributed by atoms with Gasteiger partial charge in [-0.25, -0.2) is 0 Å². The predicted molar refractivity (Wildman–Crippen MR) is 85.1 cm³/mol. The van der Waals surface area contributed by atoms with Gasteiger partial charge in [0.05, 0.1) is 0 Å². The largest absolute Gasteiger partial charge is 0.310 e. The molecule has 0 aliphatic carbocycles. The molecule has 0 saturated heterocycles. The third kappa shape index (κ3) is 3.63. The monoisotopic (exact) mass is 393 g/mol. The van der Waals surface area contributed by atoms with Crippen LogP contribution in [-0.4, -0.2) is 16.7 Å². The molecule has 1 N–H and O–H groups in total. The highest BCUT2D eigenvalue weighted by Gasteiger charge is 2.10. The Kier molecular flexibility index (Phi) is 5.35. The molecule has 0 bridgehead atoms. The smallest absolute Gasteiger partial charge is 0.148 e. The van der Waals surface area contributed by atoms with Crippen molar-refractivity contribution < 1.29 is 0 Å². The minimum atomic E-state index is 0.728. The predicted octanol–water partition coefficient (Wildman–Crippen LogP) is 3.96. The molecule has 0 radical (unpaired) electrons. The van der Waals surface area contributed by atoms with E-state index in [-0.39, 0.29) is 0 Å². The molecule has 0 amide bonds. The van der Waals surface area contributed by atoms with E-state index in [0.717, 1.165) is 43.7 Å². The van der Waals surface area contributed by atoms with Gasteiger partial charge in [0.1, 0.15) is 10.0 Å². The summed E-state index contributed by atoms with van der Waals surface area (Å²) >= 11 is 9.92. The molecule has 0 aliphatic heterocycles. The number of halogens is 2. The number of rotatable bonds is 5. The maximum Gasteiger partial charge on any atom is 0.148 e. The van der Waals surface area contributed by atoms with Crippen LogP contribution in [0.25, 0.3) is 10.6 Å². The van der Waals surface area contributed by atoms with Gasteiger partial charge in [-0.2, -0.15) is 0 Å². The third-order valence-corrected chi connectivity index (χ3v) is 4.46. The average molecular weight is 394 g/mol. The lowest BCUT2D eigenvalue weighted by Gasteiger charge is -2.00. The molecule has 0 aliphatic rings. The zero-order chi connectivity index (χ0) is 13.0. The number of nitrogens with zero attached hydrogens (tertiary/aromatic N) is 2. The number of aromatic nitrogens is 2. The highest BCUT2D eigenvalue weighted by atomic mass is 127. The van der Waals surface area contributed by atoms with Gasteiger partial charge in [-0.15, -0.1) is 10.2 Å². The molecule has 2 aromatic rings. The first-order valence-electron chi connectivity index (χ1n) is 5.69. The second kappa shape index (κ2) is 6.79. The Balaban J connectivity index is 2.16. The van der Waals surface area contributed by atoms with Crippen LogP contribution in [0.15, 0.2) is 18.2 Å². The van der Waals surface area contributed by atoms with E-state index in [4.69, 9.17) is 11.6 Å². The van der Waals surface area contributed by atoms with Crippen LogP contribution < -0.4 is 5.32 Å². The molecule has 0 saturated carbocycles. The molecular weight excluding hydrogens is 381 g/mol. The quantitative estimate of drug-likeness (QED) is 0.617. The van der Waals surface area contributed by atoms with Crippen LogP contribution in [0.2, 0.25) is 5.02 Å². The SMILES string of the molecule is CCCNCc1nnc(-c2cc(Cl)ccc2I)s1. The lowest BCUT2D eigenvalue weighted by atomic mass is 10.2. The van der Waals surface area contributed by atoms with Crippen molar-refractivity contribution in [3.63, 3.8) is 0 Å². The van der Waals surface area contributed by atoms with Gasteiger partial charge in [0.2, 0.25) is 0 Å². The van der Waals surface area contributed by atoms with E-state index in [2.05, 4.69) is 45.0 Å². The van der Waals surface area contributed by atoms with Crippen molar-refractivity contribution in [2.75, 3.05) is 6.54 Å². The van der Waals surface area contributed by atoms with Crippen LogP contribution in [0.1, 0.15) is 18.4 Å². The first kappa shape index (κ1) is 14.2. The summed E-state index contributed by atoms with van der Waals surface area (Å²) in [7, 11) is 0. The van der Waals surface area contributed by atoms with Crippen molar-refractivity contribution in [2.24, 2.45) is 0 Å². The van der Waals surface area contributed by atoms with Crippen LogP contribution in [-0.2, 0) is 6.54 Å². The Morgan fingerprint density at radius 2 is 2.22 bits per heavy atom. The summed E-state index contributed by atoms with van der Waals surface area (Å²) < 4.78 is 1.14. The standard InChI is InChI=1S/C12H13ClIN3S/c1-2-5-15-7-11-16-17-12(18-11)9-6-8(13)3-4-10(9)14/h3-4,6,15H,2,5,7H2,1H3. The Morgan fingerprint density at radius 3 is 3.00 bits per heavy atom. The zero-order valence-electron chi connectivity index (χ0n) is 9.91. The molecule has 0 unspecified atom stereocenters. The van der Waals surface area contributed by atoms with Crippen molar-refractivity contribution in [2.45, 2.75) is 19.9 Å². The van der Waals surface area contributed by atoms with Crippen molar-refractivity contribution in [3.05, 3.63) is 31.8 Å². The minimum absolute atomic E-state index is 0.728. The maximum atomic E-state index is 6.02. The lowest BCUT2D eigenvalue weighted by Crippen LogP contribution is -2.13. The van der Waals surface area contributed by atoms with Gasteiger partial charge in [-0.05, 0) is 53.8 Å². The molecule has 1 heterocycles. The Bertz CT molecular complexity index is 530. The second-order valence-electron chi connectivity index (χ2n) is 3.80. The normalized spacial score (nSPS) is 10.8. The number of hydrogen-bond donors (Lipinski definition) is 1. The van der Waals surface area contributed by atoms with Crippen molar-refractivity contribution in [1.82, 2.24) is 15.5 Å². The van der Waals surface area contributed by atoms with Crippen molar-refractivity contribution in [3.8, 4) is 10.6 Å². The molecule has 3 nitrogen and oxygen atoms in total. The summed E-state index contributed by atoms with van der Waals surface area (Å²) in [4.78, 5) is 0. The van der Waals surface area contributed by atoms with Gasteiger partial charge in [0.15, 0.2) is 0 Å². The fourth-order valence-electron chi connectivity index (χ4n) is 1.47. The van der Waals surface area contributed by atoms with Crippen molar-refractivity contribution in [1.29, 1.82) is 0 Å². The number of hydrogen-bond acceptors (Lipinski definition) is 4. The summed E-state index contributed by atoms with van der Waals surface area (Å²) in [5.74, 6) is 0. The minimum Gasteiger partial charge on any atom is -0.310 e. The van der Waals surface area contributed by atoms with E-state index in [0.29, 0.717) is 0 Å². The summed E-state index contributed by atoms with van der Waals surface area (Å²) in [6.07, 6.45) is 1.12. The van der Waals surface area contributed by atoms with Gasteiger partial charge in [0, 0.05) is 20.7 Å². The van der Waals surface area contributed by atoms with Gasteiger partial charge in [-0.3, -0.25) is 0 Å². The van der Waals surface area contributed by atoms with Crippen LogP contribution in [0.3, 0.4) is 0 Å². The Hall–Kier alpha value is -0.240. The summed E-state index contributed by atoms with van der Waals surface area (Å²) in [5, 5.41) is 14.4. The highest BCUT2D eigenvalue weighted by Crippen LogP contribution is 2.30. The van der Waals surface area contributed by atoms with E-state index in [1.165, 1.54) is 0 Å². The fraction of sp³-hybridized carbons (Fsp3) is 0.333. The lowest BCUT2D eigenvalue weighted by molar-refractivity contribution is 0.668.